The predicted molar refractivity (Wildman–Crippen MR) is 103 cm³/mol. The number of amides is 3. The Hall–Kier alpha value is -3.74. The Labute approximate surface area is 160 Å². The van der Waals surface area contributed by atoms with Gasteiger partial charge in [0.25, 0.3) is 11.6 Å². The summed E-state index contributed by atoms with van der Waals surface area (Å²) in [6.07, 6.45) is 0. The number of hydrogen-bond acceptors (Lipinski definition) is 4. The number of nitro benzene ring substituents is 1. The zero-order valence-corrected chi connectivity index (χ0v) is 15.1. The number of carbonyl (C=O) groups excluding carboxylic acids is 2. The molecule has 140 valence electrons. The van der Waals surface area contributed by atoms with E-state index in [2.05, 4.69) is 5.32 Å². The molecular weight excluding hydrogens is 358 g/mol. The van der Waals surface area contributed by atoms with Gasteiger partial charge in [0.05, 0.1) is 11.5 Å². The molecular formula is C21H17N3O4. The first-order valence-corrected chi connectivity index (χ1v) is 8.76. The lowest BCUT2D eigenvalue weighted by Gasteiger charge is -2.22. The lowest BCUT2D eigenvalue weighted by Crippen LogP contribution is -2.40. The lowest BCUT2D eigenvalue weighted by atomic mass is 9.91. The molecule has 7 heteroatoms. The number of imide groups is 1. The fourth-order valence-electron chi connectivity index (χ4n) is 3.55. The molecule has 0 saturated carbocycles. The van der Waals surface area contributed by atoms with Crippen LogP contribution in [0.3, 0.4) is 0 Å². The van der Waals surface area contributed by atoms with E-state index in [1.54, 1.807) is 6.92 Å². The summed E-state index contributed by atoms with van der Waals surface area (Å²) in [6, 6.07) is 18.7. The average Bonchev–Trinajstić information content (AvgIpc) is 2.92. The Bertz CT molecular complexity index is 1100. The van der Waals surface area contributed by atoms with Crippen molar-refractivity contribution in [1.29, 1.82) is 0 Å². The van der Waals surface area contributed by atoms with E-state index in [9.17, 15) is 19.7 Å². The first-order chi connectivity index (χ1) is 13.4. The molecule has 28 heavy (non-hydrogen) atoms. The second kappa shape index (κ2) is 6.45. The Morgan fingerprint density at radius 2 is 1.68 bits per heavy atom. The molecule has 1 heterocycles. The van der Waals surface area contributed by atoms with Crippen LogP contribution in [0.1, 0.15) is 18.1 Å². The molecule has 1 saturated heterocycles. The summed E-state index contributed by atoms with van der Waals surface area (Å²) in [5.41, 5.74) is 0.0275. The Balaban J connectivity index is 1.66. The van der Waals surface area contributed by atoms with E-state index in [0.29, 0.717) is 5.56 Å². The maximum Gasteiger partial charge on any atom is 0.325 e. The normalized spacial score (nSPS) is 19.1. The van der Waals surface area contributed by atoms with E-state index < -0.39 is 16.5 Å². The van der Waals surface area contributed by atoms with Gasteiger partial charge in [0.2, 0.25) is 0 Å². The smallest absolute Gasteiger partial charge is 0.319 e. The first-order valence-electron chi connectivity index (χ1n) is 8.76. The predicted octanol–water partition coefficient (Wildman–Crippen LogP) is 3.72. The van der Waals surface area contributed by atoms with Gasteiger partial charge in [-0.25, -0.2) is 4.79 Å². The van der Waals surface area contributed by atoms with Crippen LogP contribution in [-0.2, 0) is 16.9 Å². The molecule has 0 bridgehead atoms. The van der Waals surface area contributed by atoms with E-state index >= 15 is 0 Å². The third-order valence-corrected chi connectivity index (χ3v) is 5.14. The number of nitrogens with one attached hydrogen (secondary N) is 1. The van der Waals surface area contributed by atoms with Crippen LogP contribution in [0, 0.1) is 10.1 Å². The van der Waals surface area contributed by atoms with Gasteiger partial charge < -0.3 is 5.32 Å². The summed E-state index contributed by atoms with van der Waals surface area (Å²) in [7, 11) is 0. The molecule has 3 aromatic carbocycles. The largest absolute Gasteiger partial charge is 0.325 e. The summed E-state index contributed by atoms with van der Waals surface area (Å²) < 4.78 is 0. The van der Waals surface area contributed by atoms with Crippen LogP contribution in [0.15, 0.2) is 66.7 Å². The summed E-state index contributed by atoms with van der Waals surface area (Å²) in [6.45, 7) is 1.76. The van der Waals surface area contributed by atoms with Gasteiger partial charge in [-0.1, -0.05) is 42.5 Å². The van der Waals surface area contributed by atoms with Gasteiger partial charge in [0.1, 0.15) is 5.54 Å². The van der Waals surface area contributed by atoms with Gasteiger partial charge in [0, 0.05) is 12.1 Å². The molecule has 0 aliphatic carbocycles. The van der Waals surface area contributed by atoms with E-state index in [0.717, 1.165) is 16.3 Å². The maximum absolute atomic E-state index is 13.1. The number of hydrogen-bond donors (Lipinski definition) is 1. The van der Waals surface area contributed by atoms with E-state index in [1.165, 1.54) is 29.2 Å². The van der Waals surface area contributed by atoms with Crippen LogP contribution in [0.5, 0.6) is 0 Å². The molecule has 1 N–H and O–H groups in total. The van der Waals surface area contributed by atoms with Crippen molar-refractivity contribution in [1.82, 2.24) is 10.2 Å². The summed E-state index contributed by atoms with van der Waals surface area (Å²) in [4.78, 5) is 37.2. The highest BCUT2D eigenvalue weighted by atomic mass is 16.6. The van der Waals surface area contributed by atoms with E-state index in [-0.39, 0.29) is 18.1 Å². The van der Waals surface area contributed by atoms with Crippen LogP contribution in [0.4, 0.5) is 10.5 Å². The number of benzene rings is 3. The second-order valence-electron chi connectivity index (χ2n) is 6.89. The fraction of sp³-hybridized carbons (Fsp3) is 0.143. The SMILES string of the molecule is C[C@@]1(c2ccc([N+](=O)[O-])cc2)NC(=O)N(Cc2cccc3ccccc23)C1=O. The first kappa shape index (κ1) is 17.7. The topological polar surface area (TPSA) is 92.6 Å². The summed E-state index contributed by atoms with van der Waals surface area (Å²) in [5, 5.41) is 15.6. The van der Waals surface area contributed by atoms with E-state index in [1.807, 2.05) is 42.5 Å². The van der Waals surface area contributed by atoms with Crippen molar-refractivity contribution in [2.45, 2.75) is 19.0 Å². The van der Waals surface area contributed by atoms with Crippen LogP contribution < -0.4 is 5.32 Å². The van der Waals surface area contributed by atoms with Crippen molar-refractivity contribution in [2.75, 3.05) is 0 Å². The van der Waals surface area contributed by atoms with Gasteiger partial charge >= 0.3 is 6.03 Å². The van der Waals surface area contributed by atoms with Crippen molar-refractivity contribution in [3.05, 3.63) is 88.0 Å². The molecule has 0 radical (unpaired) electrons. The molecule has 1 fully saturated rings. The average molecular weight is 375 g/mol. The number of nitro groups is 1. The minimum atomic E-state index is -1.27. The number of urea groups is 1. The van der Waals surface area contributed by atoms with Crippen LogP contribution >= 0.6 is 0 Å². The fourth-order valence-corrected chi connectivity index (χ4v) is 3.55. The maximum atomic E-state index is 13.1. The van der Waals surface area contributed by atoms with Crippen molar-refractivity contribution in [3.63, 3.8) is 0 Å². The highest BCUT2D eigenvalue weighted by Gasteiger charge is 2.49. The number of non-ortho nitro benzene ring substituents is 1. The van der Waals surface area contributed by atoms with Gasteiger partial charge in [-0.05, 0) is 41.0 Å². The molecule has 0 unspecified atom stereocenters. The van der Waals surface area contributed by atoms with E-state index in [4.69, 9.17) is 0 Å². The molecule has 7 nitrogen and oxygen atoms in total. The van der Waals surface area contributed by atoms with Crippen molar-refractivity contribution < 1.29 is 14.5 Å². The number of carbonyl (C=O) groups is 2. The molecule has 3 aromatic rings. The molecule has 0 aromatic heterocycles. The summed E-state index contributed by atoms with van der Waals surface area (Å²) in [5.74, 6) is -0.390. The van der Waals surface area contributed by atoms with Crippen LogP contribution in [-0.4, -0.2) is 21.8 Å². The monoisotopic (exact) mass is 375 g/mol. The van der Waals surface area contributed by atoms with Gasteiger partial charge in [-0.15, -0.1) is 0 Å². The highest BCUT2D eigenvalue weighted by molar-refractivity contribution is 6.07. The number of rotatable bonds is 4. The Morgan fingerprint density at radius 1 is 1.00 bits per heavy atom. The van der Waals surface area contributed by atoms with Crippen LogP contribution in [0.2, 0.25) is 0 Å². The van der Waals surface area contributed by atoms with Crippen molar-refractivity contribution in [3.8, 4) is 0 Å². The summed E-state index contributed by atoms with van der Waals surface area (Å²) >= 11 is 0. The number of fused-ring (bicyclic) bond motifs is 1. The third kappa shape index (κ3) is 2.77. The van der Waals surface area contributed by atoms with Gasteiger partial charge in [-0.3, -0.25) is 19.8 Å². The molecule has 1 aliphatic heterocycles. The Kier molecular flexibility index (Phi) is 4.07. The Morgan fingerprint density at radius 3 is 2.39 bits per heavy atom. The quantitative estimate of drug-likeness (QED) is 0.427. The zero-order chi connectivity index (χ0) is 19.9. The zero-order valence-electron chi connectivity index (χ0n) is 15.1. The van der Waals surface area contributed by atoms with Crippen molar-refractivity contribution in [2.24, 2.45) is 0 Å². The minimum Gasteiger partial charge on any atom is -0.319 e. The van der Waals surface area contributed by atoms with Crippen LogP contribution in [0.25, 0.3) is 10.8 Å². The molecule has 4 rings (SSSR count). The van der Waals surface area contributed by atoms with Gasteiger partial charge in [-0.2, -0.15) is 0 Å². The molecule has 1 atom stereocenters. The molecule has 0 spiro atoms. The standard InChI is InChI=1S/C21H17N3O4/c1-21(16-9-11-17(12-10-16)24(27)28)19(25)23(20(26)22-21)13-15-7-4-6-14-5-2-3-8-18(14)15/h2-12H,13H2,1H3,(H,22,26)/t21-/m0/s1. The molecule has 1 aliphatic rings. The molecule has 3 amide bonds. The van der Waals surface area contributed by atoms with Gasteiger partial charge in [0.15, 0.2) is 0 Å². The lowest BCUT2D eigenvalue weighted by molar-refractivity contribution is -0.384. The highest BCUT2D eigenvalue weighted by Crippen LogP contribution is 2.31. The third-order valence-electron chi connectivity index (χ3n) is 5.14. The number of nitrogens with zero attached hydrogens (tertiary/aromatic N) is 2. The van der Waals surface area contributed by atoms with Crippen molar-refractivity contribution >= 4 is 28.4 Å². The minimum absolute atomic E-state index is 0.0725. The second-order valence-corrected chi connectivity index (χ2v) is 6.89.